The molecule has 2 unspecified atom stereocenters. The number of esters is 1. The van der Waals surface area contributed by atoms with Gasteiger partial charge in [0, 0.05) is 6.21 Å². The average Bonchev–Trinajstić information content (AvgIpc) is 2.44. The van der Waals surface area contributed by atoms with Gasteiger partial charge in [0.1, 0.15) is 17.4 Å². The van der Waals surface area contributed by atoms with Gasteiger partial charge in [-0.1, -0.05) is 23.8 Å². The van der Waals surface area contributed by atoms with Gasteiger partial charge in [-0.05, 0) is 13.8 Å². The van der Waals surface area contributed by atoms with Crippen molar-refractivity contribution in [1.82, 2.24) is 0 Å². The lowest BCUT2D eigenvalue weighted by Crippen LogP contribution is -2.29. The number of rotatable bonds is 4. The molecule has 2 aliphatic rings. The van der Waals surface area contributed by atoms with Gasteiger partial charge in [0.2, 0.25) is 0 Å². The van der Waals surface area contributed by atoms with Crippen LogP contribution in [0.15, 0.2) is 40.1 Å². The second-order valence-electron chi connectivity index (χ2n) is 4.51. The molecule has 0 bridgehead atoms. The number of fused-ring (bicyclic) bond motifs is 1. The fourth-order valence-electron chi connectivity index (χ4n) is 2.23. The monoisotopic (exact) mass is 272 g/mol. The van der Waals surface area contributed by atoms with E-state index in [-0.39, 0.29) is 25.2 Å². The molecule has 0 radical (unpaired) electrons. The van der Waals surface area contributed by atoms with Crippen LogP contribution in [-0.4, -0.2) is 31.4 Å². The molecule has 5 heteroatoms. The maximum Gasteiger partial charge on any atom is 0.343 e. The summed E-state index contributed by atoms with van der Waals surface area (Å²) in [5.41, 5.74) is 1.37. The van der Waals surface area contributed by atoms with E-state index in [1.807, 2.05) is 31.2 Å². The smallest absolute Gasteiger partial charge is 0.343 e. The Morgan fingerprint density at radius 3 is 3.05 bits per heavy atom. The third-order valence-electron chi connectivity index (χ3n) is 3.10. The van der Waals surface area contributed by atoms with E-state index in [2.05, 4.69) is 4.99 Å². The number of ether oxygens (including phenoxy) is 2. The van der Waals surface area contributed by atoms with Crippen LogP contribution in [0.5, 0.6) is 0 Å². The fraction of sp³-hybridized carbons (Fsp3) is 0.400. The third kappa shape index (κ3) is 2.80. The highest BCUT2D eigenvalue weighted by molar-refractivity contribution is 6.10. The summed E-state index contributed by atoms with van der Waals surface area (Å²) in [5.74, 6) is -0.158. The number of aliphatic imine (C=N–C) groups is 1. The molecule has 0 aromatic carbocycles. The van der Waals surface area contributed by atoms with Crippen molar-refractivity contribution in [2.24, 2.45) is 10.9 Å². The van der Waals surface area contributed by atoms with Crippen molar-refractivity contribution >= 4 is 12.2 Å². The van der Waals surface area contributed by atoms with Gasteiger partial charge < -0.3 is 9.47 Å². The number of hydrogen-bond donors (Lipinski definition) is 0. The Hall–Kier alpha value is -2.35. The highest BCUT2D eigenvalue weighted by Crippen LogP contribution is 2.32. The molecule has 0 spiro atoms. The van der Waals surface area contributed by atoms with Crippen LogP contribution in [0.3, 0.4) is 0 Å². The van der Waals surface area contributed by atoms with E-state index in [1.54, 1.807) is 6.92 Å². The first-order valence-electron chi connectivity index (χ1n) is 6.48. The summed E-state index contributed by atoms with van der Waals surface area (Å²) < 4.78 is 10.5. The Morgan fingerprint density at radius 2 is 2.35 bits per heavy atom. The quantitative estimate of drug-likeness (QED) is 0.733. The summed E-state index contributed by atoms with van der Waals surface area (Å²) >= 11 is 0. The summed E-state index contributed by atoms with van der Waals surface area (Å²) in [4.78, 5) is 16.3. The maximum atomic E-state index is 12.0. The lowest BCUT2D eigenvalue weighted by molar-refractivity contribution is -0.138. The van der Waals surface area contributed by atoms with E-state index in [0.29, 0.717) is 11.3 Å². The minimum absolute atomic E-state index is 0.0921. The Labute approximate surface area is 117 Å². The number of dihydropyridines is 1. The molecule has 0 saturated carbocycles. The first-order valence-corrected chi connectivity index (χ1v) is 6.48. The number of carbonyl (C=O) groups is 1. The first-order chi connectivity index (χ1) is 9.67. The topological polar surface area (TPSA) is 71.7 Å². The van der Waals surface area contributed by atoms with Crippen LogP contribution in [0.2, 0.25) is 0 Å². The molecule has 0 fully saturated rings. The van der Waals surface area contributed by atoms with Crippen LogP contribution in [-0.2, 0) is 14.3 Å². The van der Waals surface area contributed by atoms with E-state index >= 15 is 0 Å². The minimum Gasteiger partial charge on any atom is -0.481 e. The second kappa shape index (κ2) is 6.20. The van der Waals surface area contributed by atoms with Crippen molar-refractivity contribution in [3.63, 3.8) is 0 Å². The Morgan fingerprint density at radius 1 is 1.55 bits per heavy atom. The largest absolute Gasteiger partial charge is 0.481 e. The van der Waals surface area contributed by atoms with Gasteiger partial charge in [-0.15, -0.1) is 0 Å². The van der Waals surface area contributed by atoms with E-state index in [9.17, 15) is 4.79 Å². The molecule has 1 aliphatic heterocycles. The van der Waals surface area contributed by atoms with E-state index in [1.165, 1.54) is 6.21 Å². The van der Waals surface area contributed by atoms with Crippen LogP contribution in [0.4, 0.5) is 0 Å². The molecule has 2 atom stereocenters. The number of nitriles is 1. The molecule has 0 aromatic rings. The van der Waals surface area contributed by atoms with E-state index in [4.69, 9.17) is 14.7 Å². The zero-order valence-electron chi connectivity index (χ0n) is 11.5. The zero-order valence-corrected chi connectivity index (χ0v) is 11.5. The molecule has 0 amide bonds. The van der Waals surface area contributed by atoms with Crippen LogP contribution < -0.4 is 0 Å². The van der Waals surface area contributed by atoms with Gasteiger partial charge in [-0.3, -0.25) is 4.99 Å². The highest BCUT2D eigenvalue weighted by Gasteiger charge is 2.32. The van der Waals surface area contributed by atoms with E-state index in [0.717, 1.165) is 5.57 Å². The lowest BCUT2D eigenvalue weighted by Gasteiger charge is -2.28. The molecule has 0 N–H and O–H groups in total. The van der Waals surface area contributed by atoms with Crippen molar-refractivity contribution in [2.45, 2.75) is 19.9 Å². The molecule has 0 saturated heterocycles. The molecule has 1 aliphatic carbocycles. The van der Waals surface area contributed by atoms with Gasteiger partial charge in [0.25, 0.3) is 0 Å². The minimum atomic E-state index is -0.469. The van der Waals surface area contributed by atoms with Gasteiger partial charge in [-0.2, -0.15) is 5.26 Å². The summed E-state index contributed by atoms with van der Waals surface area (Å²) in [7, 11) is 0. The molecule has 104 valence electrons. The zero-order chi connectivity index (χ0) is 14.5. The number of allylic oxidation sites excluding steroid dienone is 2. The SMILES string of the molecule is CCOC(=O)C1=C(OCC#N)C2C=C(C)C=CC2N=C1. The van der Waals surface area contributed by atoms with Gasteiger partial charge >= 0.3 is 5.97 Å². The van der Waals surface area contributed by atoms with Crippen LogP contribution in [0, 0.1) is 17.2 Å². The third-order valence-corrected chi connectivity index (χ3v) is 3.10. The first kappa shape index (κ1) is 14.1. The van der Waals surface area contributed by atoms with Crippen molar-refractivity contribution in [1.29, 1.82) is 5.26 Å². The summed E-state index contributed by atoms with van der Waals surface area (Å²) in [5, 5.41) is 8.70. The number of nitrogens with zero attached hydrogens (tertiary/aromatic N) is 2. The molecule has 2 rings (SSSR count). The number of hydrogen-bond acceptors (Lipinski definition) is 5. The summed E-state index contributed by atoms with van der Waals surface area (Å²) in [6, 6.07) is 1.83. The van der Waals surface area contributed by atoms with E-state index < -0.39 is 5.97 Å². The highest BCUT2D eigenvalue weighted by atomic mass is 16.5. The molecule has 1 heterocycles. The van der Waals surface area contributed by atoms with Gasteiger partial charge in [-0.25, -0.2) is 4.79 Å². The van der Waals surface area contributed by atoms with Crippen molar-refractivity contribution < 1.29 is 14.3 Å². The summed E-state index contributed by atoms with van der Waals surface area (Å²) in [6.45, 7) is 3.89. The van der Waals surface area contributed by atoms with Crippen LogP contribution >= 0.6 is 0 Å². The molecule has 5 nitrogen and oxygen atoms in total. The molecular formula is C15H16N2O3. The Bertz CT molecular complexity index is 564. The van der Waals surface area contributed by atoms with Crippen molar-refractivity contribution in [3.8, 4) is 6.07 Å². The molecule has 20 heavy (non-hydrogen) atoms. The number of carbonyl (C=O) groups excluding carboxylic acids is 1. The van der Waals surface area contributed by atoms with Crippen LogP contribution in [0.1, 0.15) is 13.8 Å². The Kier molecular flexibility index (Phi) is 4.36. The lowest BCUT2D eigenvalue weighted by atomic mass is 9.87. The molecular weight excluding hydrogens is 256 g/mol. The Balaban J connectivity index is 2.37. The predicted molar refractivity (Wildman–Crippen MR) is 73.9 cm³/mol. The van der Waals surface area contributed by atoms with Gasteiger partial charge in [0.05, 0.1) is 18.6 Å². The molecule has 0 aromatic heterocycles. The van der Waals surface area contributed by atoms with Gasteiger partial charge in [0.15, 0.2) is 6.61 Å². The van der Waals surface area contributed by atoms with Crippen LogP contribution in [0.25, 0.3) is 0 Å². The normalized spacial score (nSPS) is 23.8. The fourth-order valence-corrected chi connectivity index (χ4v) is 2.23. The van der Waals surface area contributed by atoms with Crippen molar-refractivity contribution in [3.05, 3.63) is 35.1 Å². The standard InChI is InChI=1S/C15H16N2O3/c1-3-19-15(18)12-9-17-13-5-4-10(2)8-11(13)14(12)20-7-6-16/h4-5,8-9,11,13H,3,7H2,1-2H3. The maximum absolute atomic E-state index is 12.0. The average molecular weight is 272 g/mol. The van der Waals surface area contributed by atoms with Crippen molar-refractivity contribution in [2.75, 3.05) is 13.2 Å². The summed E-state index contributed by atoms with van der Waals surface area (Å²) in [6.07, 6.45) is 7.42. The second-order valence-corrected chi connectivity index (χ2v) is 4.51. The predicted octanol–water partition coefficient (Wildman–Crippen LogP) is 1.93.